The smallest absolute Gasteiger partial charge is 0.323 e. The summed E-state index contributed by atoms with van der Waals surface area (Å²) in [6.07, 6.45) is 1.70. The Morgan fingerprint density at radius 3 is 3.06 bits per heavy atom. The predicted octanol–water partition coefficient (Wildman–Crippen LogP) is 1.89. The molecule has 1 N–H and O–H groups in total. The average Bonchev–Trinajstić information content (AvgIpc) is 2.77. The first-order valence-corrected chi connectivity index (χ1v) is 6.29. The third-order valence-electron chi connectivity index (χ3n) is 3.43. The first kappa shape index (κ1) is 11.5. The second-order valence-electron chi connectivity index (χ2n) is 4.47. The Kier molecular flexibility index (Phi) is 2.99. The number of rotatable bonds is 3. The molecule has 1 saturated heterocycles. The zero-order valence-corrected chi connectivity index (χ0v) is 10.4. The van der Waals surface area contributed by atoms with Crippen LogP contribution in [0.5, 0.6) is 0 Å². The Labute approximate surface area is 98.9 Å². The lowest BCUT2D eigenvalue weighted by Gasteiger charge is -2.30. The van der Waals surface area contributed by atoms with Gasteiger partial charge in [0.2, 0.25) is 0 Å². The van der Waals surface area contributed by atoms with Gasteiger partial charge in [0.1, 0.15) is 5.54 Å². The first-order valence-electron chi connectivity index (χ1n) is 5.41. The maximum Gasteiger partial charge on any atom is 0.323 e. The molecule has 1 aromatic heterocycles. The molecule has 5 heteroatoms. The fourth-order valence-electron chi connectivity index (χ4n) is 2.17. The molecule has 0 amide bonds. The van der Waals surface area contributed by atoms with Crippen molar-refractivity contribution in [1.29, 1.82) is 0 Å². The summed E-state index contributed by atoms with van der Waals surface area (Å²) < 4.78 is 0. The number of likely N-dealkylation sites (tertiary alicyclic amines) is 1. The molecule has 2 heterocycles. The molecule has 1 atom stereocenters. The third-order valence-corrected chi connectivity index (χ3v) is 4.35. The number of carboxylic acids is 1. The lowest BCUT2D eigenvalue weighted by atomic mass is 9.99. The highest BCUT2D eigenvalue weighted by Gasteiger charge is 2.43. The molecule has 4 nitrogen and oxygen atoms in total. The summed E-state index contributed by atoms with van der Waals surface area (Å²) in [6.45, 7) is 5.36. The lowest BCUT2D eigenvalue weighted by molar-refractivity contribution is -0.148. The molecule has 0 radical (unpaired) electrons. The van der Waals surface area contributed by atoms with Gasteiger partial charge in [-0.1, -0.05) is 0 Å². The molecule has 0 spiro atoms. The molecule has 88 valence electrons. The minimum Gasteiger partial charge on any atom is -0.480 e. The Bertz CT molecular complexity index is 404. The van der Waals surface area contributed by atoms with Crippen LogP contribution in [-0.2, 0) is 11.3 Å². The van der Waals surface area contributed by atoms with Gasteiger partial charge in [-0.25, -0.2) is 4.98 Å². The van der Waals surface area contributed by atoms with E-state index in [0.717, 1.165) is 25.1 Å². The Morgan fingerprint density at radius 2 is 2.50 bits per heavy atom. The van der Waals surface area contributed by atoms with Crippen molar-refractivity contribution in [2.75, 3.05) is 6.54 Å². The molecule has 16 heavy (non-hydrogen) atoms. The molecule has 1 aromatic rings. The second-order valence-corrected chi connectivity index (χ2v) is 5.40. The molecule has 1 aliphatic rings. The molecule has 1 fully saturated rings. The fourth-order valence-corrected chi connectivity index (χ4v) is 2.96. The van der Waals surface area contributed by atoms with E-state index in [2.05, 4.69) is 9.88 Å². The van der Waals surface area contributed by atoms with Crippen molar-refractivity contribution in [3.8, 4) is 0 Å². The quantitative estimate of drug-likeness (QED) is 0.876. The Balaban J connectivity index is 2.16. The van der Waals surface area contributed by atoms with Crippen LogP contribution in [0.3, 0.4) is 0 Å². The van der Waals surface area contributed by atoms with Crippen LogP contribution in [0, 0.1) is 6.92 Å². The van der Waals surface area contributed by atoms with E-state index in [0.29, 0.717) is 6.54 Å². The number of aliphatic carboxylic acids is 1. The molecule has 0 saturated carbocycles. The Morgan fingerprint density at radius 1 is 1.75 bits per heavy atom. The SMILES string of the molecule is Cc1ncsc1CN1CCCC1(C)C(=O)O. The molecule has 0 aromatic carbocycles. The van der Waals surface area contributed by atoms with Gasteiger partial charge in [-0.3, -0.25) is 9.69 Å². The lowest BCUT2D eigenvalue weighted by Crippen LogP contribution is -2.47. The molecule has 0 aliphatic carbocycles. The van der Waals surface area contributed by atoms with Gasteiger partial charge >= 0.3 is 5.97 Å². The minimum atomic E-state index is -0.716. The van der Waals surface area contributed by atoms with Crippen LogP contribution in [0.4, 0.5) is 0 Å². The van der Waals surface area contributed by atoms with Gasteiger partial charge in [-0.2, -0.15) is 0 Å². The van der Waals surface area contributed by atoms with Crippen LogP contribution in [0.15, 0.2) is 5.51 Å². The number of hydrogen-bond donors (Lipinski definition) is 1. The number of thiazole rings is 1. The van der Waals surface area contributed by atoms with Crippen LogP contribution in [0.25, 0.3) is 0 Å². The zero-order valence-electron chi connectivity index (χ0n) is 9.56. The number of hydrogen-bond acceptors (Lipinski definition) is 4. The van der Waals surface area contributed by atoms with Crippen LogP contribution in [0.2, 0.25) is 0 Å². The summed E-state index contributed by atoms with van der Waals surface area (Å²) in [5, 5.41) is 9.29. The van der Waals surface area contributed by atoms with E-state index in [1.807, 2.05) is 19.4 Å². The van der Waals surface area contributed by atoms with Crippen LogP contribution in [-0.4, -0.2) is 33.0 Å². The van der Waals surface area contributed by atoms with Crippen molar-refractivity contribution in [1.82, 2.24) is 9.88 Å². The van der Waals surface area contributed by atoms with Crippen molar-refractivity contribution >= 4 is 17.3 Å². The van der Waals surface area contributed by atoms with E-state index in [1.54, 1.807) is 11.3 Å². The summed E-state index contributed by atoms with van der Waals surface area (Å²) in [4.78, 5) is 18.7. The van der Waals surface area contributed by atoms with E-state index in [1.165, 1.54) is 4.88 Å². The van der Waals surface area contributed by atoms with Crippen molar-refractivity contribution in [2.45, 2.75) is 38.8 Å². The van der Waals surface area contributed by atoms with Gasteiger partial charge in [0.05, 0.1) is 11.2 Å². The molecule has 0 bridgehead atoms. The van der Waals surface area contributed by atoms with Crippen LogP contribution in [0.1, 0.15) is 30.3 Å². The summed E-state index contributed by atoms with van der Waals surface area (Å²) >= 11 is 1.60. The summed E-state index contributed by atoms with van der Waals surface area (Å²) in [6, 6.07) is 0. The standard InChI is InChI=1S/C11H16N2O2S/c1-8-9(16-7-12-8)6-13-5-3-4-11(13,2)10(14)15/h7H,3-6H2,1-2H3,(H,14,15). The van der Waals surface area contributed by atoms with Crippen LogP contribution >= 0.6 is 11.3 Å². The van der Waals surface area contributed by atoms with E-state index in [-0.39, 0.29) is 0 Å². The molecule has 1 aliphatic heterocycles. The van der Waals surface area contributed by atoms with Crippen molar-refractivity contribution in [3.05, 3.63) is 16.1 Å². The van der Waals surface area contributed by atoms with E-state index in [9.17, 15) is 9.90 Å². The van der Waals surface area contributed by atoms with Gasteiger partial charge in [0.15, 0.2) is 0 Å². The second kappa shape index (κ2) is 4.14. The highest BCUT2D eigenvalue weighted by atomic mass is 32.1. The number of carboxylic acid groups (broad SMARTS) is 1. The maximum atomic E-state index is 11.3. The maximum absolute atomic E-state index is 11.3. The van der Waals surface area contributed by atoms with Gasteiger partial charge in [0.25, 0.3) is 0 Å². The van der Waals surface area contributed by atoms with Gasteiger partial charge < -0.3 is 5.11 Å². The number of carbonyl (C=O) groups is 1. The number of aromatic nitrogens is 1. The van der Waals surface area contributed by atoms with Crippen LogP contribution < -0.4 is 0 Å². The van der Waals surface area contributed by atoms with Crippen molar-refractivity contribution in [2.24, 2.45) is 0 Å². The monoisotopic (exact) mass is 240 g/mol. The molecular formula is C11H16N2O2S. The fraction of sp³-hybridized carbons (Fsp3) is 0.636. The Hall–Kier alpha value is -0.940. The molecule has 2 rings (SSSR count). The number of nitrogens with zero attached hydrogens (tertiary/aromatic N) is 2. The highest BCUT2D eigenvalue weighted by Crippen LogP contribution is 2.31. The molecule has 1 unspecified atom stereocenters. The highest BCUT2D eigenvalue weighted by molar-refractivity contribution is 7.09. The largest absolute Gasteiger partial charge is 0.480 e. The van der Waals surface area contributed by atoms with Crippen molar-refractivity contribution < 1.29 is 9.90 Å². The average molecular weight is 240 g/mol. The van der Waals surface area contributed by atoms with E-state index >= 15 is 0 Å². The summed E-state index contributed by atoms with van der Waals surface area (Å²) in [5.74, 6) is -0.716. The van der Waals surface area contributed by atoms with E-state index in [4.69, 9.17) is 0 Å². The first-order chi connectivity index (χ1) is 7.54. The number of aryl methyl sites for hydroxylation is 1. The third kappa shape index (κ3) is 1.85. The van der Waals surface area contributed by atoms with Gasteiger partial charge in [-0.15, -0.1) is 11.3 Å². The summed E-state index contributed by atoms with van der Waals surface area (Å²) in [5.41, 5.74) is 2.14. The molecular weight excluding hydrogens is 224 g/mol. The van der Waals surface area contributed by atoms with E-state index < -0.39 is 11.5 Å². The minimum absolute atomic E-state index is 0.698. The van der Waals surface area contributed by atoms with Gasteiger partial charge in [-0.05, 0) is 33.2 Å². The van der Waals surface area contributed by atoms with Crippen molar-refractivity contribution in [3.63, 3.8) is 0 Å². The zero-order chi connectivity index (χ0) is 11.8. The predicted molar refractivity (Wildman–Crippen MR) is 62.5 cm³/mol. The van der Waals surface area contributed by atoms with Gasteiger partial charge in [0, 0.05) is 11.4 Å². The topological polar surface area (TPSA) is 53.4 Å². The summed E-state index contributed by atoms with van der Waals surface area (Å²) in [7, 11) is 0. The normalized spacial score (nSPS) is 26.1.